The smallest absolute Gasteiger partial charge is 0.191 e. The first-order valence-electron chi connectivity index (χ1n) is 5.31. The molecule has 1 heterocycles. The molecule has 1 rings (SSSR count). The van der Waals surface area contributed by atoms with E-state index in [1.165, 1.54) is 0 Å². The second kappa shape index (κ2) is 5.89. The molecule has 0 spiro atoms. The summed E-state index contributed by atoms with van der Waals surface area (Å²) < 4.78 is 2.72. The second-order valence-electron chi connectivity index (χ2n) is 3.44. The van der Waals surface area contributed by atoms with E-state index in [2.05, 4.69) is 39.9 Å². The lowest BCUT2D eigenvalue weighted by molar-refractivity contribution is 0.458. The Labute approximate surface area is 104 Å². The summed E-state index contributed by atoms with van der Waals surface area (Å²) in [6.45, 7) is 6.36. The Bertz CT molecular complexity index is 367. The molecule has 0 amide bonds. The van der Waals surface area contributed by atoms with Crippen molar-refractivity contribution in [3.05, 3.63) is 16.4 Å². The predicted octanol–water partition coefficient (Wildman–Crippen LogP) is 1.34. The van der Waals surface area contributed by atoms with Crippen molar-refractivity contribution in [2.75, 3.05) is 13.1 Å². The van der Waals surface area contributed by atoms with Crippen molar-refractivity contribution in [3.63, 3.8) is 0 Å². The van der Waals surface area contributed by atoms with Crippen LogP contribution in [0.2, 0.25) is 0 Å². The fraction of sp³-hybridized carbons (Fsp3) is 0.600. The largest absolute Gasteiger partial charge is 0.370 e. The first-order valence-corrected chi connectivity index (χ1v) is 6.10. The summed E-state index contributed by atoms with van der Waals surface area (Å²) in [6, 6.07) is 0. The van der Waals surface area contributed by atoms with E-state index >= 15 is 0 Å². The molecule has 0 aliphatic rings. The monoisotopic (exact) mass is 287 g/mol. The van der Waals surface area contributed by atoms with Gasteiger partial charge in [-0.05, 0) is 29.8 Å². The van der Waals surface area contributed by atoms with Gasteiger partial charge in [-0.1, -0.05) is 0 Å². The van der Waals surface area contributed by atoms with Gasteiger partial charge in [0, 0.05) is 26.3 Å². The molecule has 2 N–H and O–H groups in total. The number of aliphatic imine (C=N–C) groups is 1. The lowest BCUT2D eigenvalue weighted by atomic mass is 10.4. The molecule has 0 atom stereocenters. The number of rotatable bonds is 4. The maximum Gasteiger partial charge on any atom is 0.191 e. The van der Waals surface area contributed by atoms with Crippen LogP contribution < -0.4 is 5.73 Å². The van der Waals surface area contributed by atoms with E-state index in [1.807, 2.05) is 18.1 Å². The average Bonchev–Trinajstić information content (AvgIpc) is 2.56. The molecule has 5 nitrogen and oxygen atoms in total. The van der Waals surface area contributed by atoms with Crippen molar-refractivity contribution in [3.8, 4) is 0 Å². The molecule has 0 saturated heterocycles. The molecule has 90 valence electrons. The molecule has 1 aromatic rings. The van der Waals surface area contributed by atoms with Crippen LogP contribution in [0.4, 0.5) is 0 Å². The number of hydrogen-bond donors (Lipinski definition) is 1. The van der Waals surface area contributed by atoms with Gasteiger partial charge in [0.25, 0.3) is 0 Å². The summed E-state index contributed by atoms with van der Waals surface area (Å²) in [4.78, 5) is 6.34. The molecule has 0 unspecified atom stereocenters. The molecule has 0 aromatic carbocycles. The second-order valence-corrected chi connectivity index (χ2v) is 4.30. The van der Waals surface area contributed by atoms with Crippen LogP contribution in [0.5, 0.6) is 0 Å². The Kier molecular flexibility index (Phi) is 4.79. The highest BCUT2D eigenvalue weighted by Crippen LogP contribution is 2.14. The van der Waals surface area contributed by atoms with Gasteiger partial charge >= 0.3 is 0 Å². The van der Waals surface area contributed by atoms with Crippen molar-refractivity contribution < 1.29 is 0 Å². The summed E-state index contributed by atoms with van der Waals surface area (Å²) in [5, 5.41) is 4.28. The van der Waals surface area contributed by atoms with E-state index < -0.39 is 0 Å². The van der Waals surface area contributed by atoms with Crippen molar-refractivity contribution in [2.45, 2.75) is 20.4 Å². The molecule has 16 heavy (non-hydrogen) atoms. The zero-order chi connectivity index (χ0) is 12.1. The minimum Gasteiger partial charge on any atom is -0.370 e. The molecule has 0 fully saturated rings. The van der Waals surface area contributed by atoms with Crippen molar-refractivity contribution >= 4 is 21.9 Å². The van der Waals surface area contributed by atoms with Crippen molar-refractivity contribution in [1.82, 2.24) is 14.7 Å². The molecule has 1 aromatic heterocycles. The maximum absolute atomic E-state index is 5.87. The number of aryl methyl sites for hydroxylation is 1. The Hall–Kier alpha value is -1.04. The van der Waals surface area contributed by atoms with E-state index in [4.69, 9.17) is 5.73 Å². The summed E-state index contributed by atoms with van der Waals surface area (Å²) in [7, 11) is 1.88. The Morgan fingerprint density at radius 2 is 2.19 bits per heavy atom. The maximum atomic E-state index is 5.87. The van der Waals surface area contributed by atoms with Gasteiger partial charge in [-0.3, -0.25) is 4.68 Å². The minimum absolute atomic E-state index is 0.504. The first kappa shape index (κ1) is 13.0. The van der Waals surface area contributed by atoms with Gasteiger partial charge in [-0.25, -0.2) is 4.99 Å². The number of nitrogens with two attached hydrogens (primary N) is 1. The van der Waals surface area contributed by atoms with Crippen LogP contribution in [0.3, 0.4) is 0 Å². The van der Waals surface area contributed by atoms with Crippen LogP contribution >= 0.6 is 15.9 Å². The zero-order valence-corrected chi connectivity index (χ0v) is 11.5. The highest BCUT2D eigenvalue weighted by atomic mass is 79.9. The standard InChI is InChI=1S/C10H18BrN5/c1-4-16(5-2)10(12)13-6-9-8(11)7-15(3)14-9/h7H,4-6H2,1-3H3,(H2,12,13). The number of halogens is 1. The van der Waals surface area contributed by atoms with Crippen LogP contribution in [0.1, 0.15) is 19.5 Å². The third-order valence-corrected chi connectivity index (χ3v) is 3.00. The van der Waals surface area contributed by atoms with Gasteiger partial charge < -0.3 is 10.6 Å². The molecular formula is C10H18BrN5. The Morgan fingerprint density at radius 1 is 1.56 bits per heavy atom. The van der Waals surface area contributed by atoms with E-state index in [-0.39, 0.29) is 0 Å². The summed E-state index contributed by atoms with van der Waals surface area (Å²) >= 11 is 3.43. The van der Waals surface area contributed by atoms with Crippen LogP contribution in [0.15, 0.2) is 15.7 Å². The SMILES string of the molecule is CCN(CC)C(N)=NCc1nn(C)cc1Br. The summed E-state index contributed by atoms with van der Waals surface area (Å²) in [5.74, 6) is 0.572. The molecule has 0 radical (unpaired) electrons. The minimum atomic E-state index is 0.504. The van der Waals surface area contributed by atoms with E-state index in [1.54, 1.807) is 4.68 Å². The Morgan fingerprint density at radius 3 is 2.62 bits per heavy atom. The lowest BCUT2D eigenvalue weighted by Gasteiger charge is -2.19. The topological polar surface area (TPSA) is 59.4 Å². The van der Waals surface area contributed by atoms with E-state index in [9.17, 15) is 0 Å². The van der Waals surface area contributed by atoms with Crippen LogP contribution in [0.25, 0.3) is 0 Å². The number of aromatic nitrogens is 2. The quantitative estimate of drug-likeness (QED) is 0.672. The van der Waals surface area contributed by atoms with Crippen LogP contribution in [-0.2, 0) is 13.6 Å². The molecule has 0 saturated carbocycles. The zero-order valence-electron chi connectivity index (χ0n) is 9.94. The van der Waals surface area contributed by atoms with Crippen molar-refractivity contribution in [1.29, 1.82) is 0 Å². The molecule has 0 aliphatic carbocycles. The fourth-order valence-corrected chi connectivity index (χ4v) is 1.92. The Balaban J connectivity index is 2.68. The first-order chi connectivity index (χ1) is 7.58. The molecule has 0 aliphatic heterocycles. The van der Waals surface area contributed by atoms with Gasteiger partial charge in [0.2, 0.25) is 0 Å². The van der Waals surface area contributed by atoms with Gasteiger partial charge in [0.1, 0.15) is 0 Å². The van der Waals surface area contributed by atoms with Crippen LogP contribution in [0, 0.1) is 0 Å². The number of hydrogen-bond acceptors (Lipinski definition) is 2. The average molecular weight is 288 g/mol. The summed E-state index contributed by atoms with van der Waals surface area (Å²) in [5.41, 5.74) is 6.77. The van der Waals surface area contributed by atoms with Gasteiger partial charge in [0.05, 0.1) is 16.7 Å². The van der Waals surface area contributed by atoms with E-state index in [0.717, 1.165) is 23.3 Å². The van der Waals surface area contributed by atoms with Gasteiger partial charge in [-0.15, -0.1) is 0 Å². The van der Waals surface area contributed by atoms with Crippen molar-refractivity contribution in [2.24, 2.45) is 17.8 Å². The van der Waals surface area contributed by atoms with Crippen LogP contribution in [-0.4, -0.2) is 33.7 Å². The number of guanidine groups is 1. The van der Waals surface area contributed by atoms with Gasteiger partial charge in [-0.2, -0.15) is 5.10 Å². The van der Waals surface area contributed by atoms with Gasteiger partial charge in [0.15, 0.2) is 5.96 Å². The van der Waals surface area contributed by atoms with E-state index in [0.29, 0.717) is 12.5 Å². The lowest BCUT2D eigenvalue weighted by Crippen LogP contribution is -2.37. The predicted molar refractivity (Wildman–Crippen MR) is 69.2 cm³/mol. The normalized spacial score (nSPS) is 11.9. The number of nitrogens with zero attached hydrogens (tertiary/aromatic N) is 4. The third-order valence-electron chi connectivity index (χ3n) is 2.33. The highest BCUT2D eigenvalue weighted by Gasteiger charge is 2.06. The molecule has 0 bridgehead atoms. The highest BCUT2D eigenvalue weighted by molar-refractivity contribution is 9.10. The fourth-order valence-electron chi connectivity index (χ4n) is 1.42. The summed E-state index contributed by atoms with van der Waals surface area (Å²) in [6.07, 6.45) is 1.90. The molecule has 6 heteroatoms. The molecular weight excluding hydrogens is 270 g/mol. The third kappa shape index (κ3) is 3.23.